The third-order valence-electron chi connectivity index (χ3n) is 3.74. The van der Waals surface area contributed by atoms with Gasteiger partial charge in [-0.25, -0.2) is 8.78 Å². The maximum absolute atomic E-state index is 13.2. The van der Waals surface area contributed by atoms with Crippen molar-refractivity contribution in [2.24, 2.45) is 5.92 Å². The van der Waals surface area contributed by atoms with E-state index in [9.17, 15) is 8.78 Å². The Morgan fingerprint density at radius 1 is 1.12 bits per heavy atom. The first-order valence-corrected chi connectivity index (χ1v) is 6.34. The molecule has 0 aliphatic heterocycles. The summed E-state index contributed by atoms with van der Waals surface area (Å²) in [5.74, 6) is -0.982. The molecule has 2 rings (SSSR count). The van der Waals surface area contributed by atoms with E-state index in [0.29, 0.717) is 5.92 Å². The van der Waals surface area contributed by atoms with E-state index in [2.05, 4.69) is 5.32 Å². The first kappa shape index (κ1) is 12.5. The predicted octanol–water partition coefficient (Wildman–Crippen LogP) is 3.81. The molecule has 0 heterocycles. The van der Waals surface area contributed by atoms with Gasteiger partial charge in [-0.05, 0) is 43.5 Å². The molecule has 0 saturated heterocycles. The van der Waals surface area contributed by atoms with E-state index in [1.165, 1.54) is 44.2 Å². The summed E-state index contributed by atoms with van der Waals surface area (Å²) in [6.45, 7) is 0. The Hall–Kier alpha value is -0.960. The Balaban J connectivity index is 2.18. The van der Waals surface area contributed by atoms with Gasteiger partial charge in [-0.15, -0.1) is 0 Å². The highest BCUT2D eigenvalue weighted by Gasteiger charge is 2.24. The number of rotatable bonds is 3. The van der Waals surface area contributed by atoms with E-state index in [0.717, 1.165) is 5.56 Å². The van der Waals surface area contributed by atoms with Crippen molar-refractivity contribution in [2.45, 2.75) is 38.1 Å². The highest BCUT2D eigenvalue weighted by Crippen LogP contribution is 2.34. The zero-order valence-electron chi connectivity index (χ0n) is 10.2. The molecule has 0 radical (unpaired) electrons. The van der Waals surface area contributed by atoms with Crippen LogP contribution in [0.1, 0.15) is 43.7 Å². The molecule has 1 unspecified atom stereocenters. The Kier molecular flexibility index (Phi) is 4.11. The first-order valence-electron chi connectivity index (χ1n) is 6.34. The molecule has 1 aliphatic carbocycles. The second-order valence-corrected chi connectivity index (χ2v) is 4.84. The second kappa shape index (κ2) is 5.58. The standard InChI is InChI=1S/C14H19F2N/c1-17-14(10-5-3-2-4-6-10)11-7-8-12(15)13(16)9-11/h7-10,14,17H,2-6H2,1H3. The maximum atomic E-state index is 13.2. The summed E-state index contributed by atoms with van der Waals surface area (Å²) in [6.07, 6.45) is 6.12. The van der Waals surface area contributed by atoms with Crippen molar-refractivity contribution in [3.8, 4) is 0 Å². The molecule has 1 saturated carbocycles. The number of benzene rings is 1. The SMILES string of the molecule is CNC(c1ccc(F)c(F)c1)C1CCCCC1. The van der Waals surface area contributed by atoms with Crippen molar-refractivity contribution in [3.63, 3.8) is 0 Å². The van der Waals surface area contributed by atoms with Crippen LogP contribution < -0.4 is 5.32 Å². The van der Waals surface area contributed by atoms with Gasteiger partial charge in [-0.1, -0.05) is 25.3 Å². The average Bonchev–Trinajstić information content (AvgIpc) is 2.36. The van der Waals surface area contributed by atoms with E-state index in [-0.39, 0.29) is 6.04 Å². The van der Waals surface area contributed by atoms with Crippen LogP contribution in [0.3, 0.4) is 0 Å². The highest BCUT2D eigenvalue weighted by atomic mass is 19.2. The summed E-state index contributed by atoms with van der Waals surface area (Å²) in [6, 6.07) is 4.38. The topological polar surface area (TPSA) is 12.0 Å². The van der Waals surface area contributed by atoms with Gasteiger partial charge < -0.3 is 5.32 Å². The molecule has 1 aromatic rings. The van der Waals surface area contributed by atoms with Gasteiger partial charge in [0, 0.05) is 6.04 Å². The highest BCUT2D eigenvalue weighted by molar-refractivity contribution is 5.22. The van der Waals surface area contributed by atoms with E-state index in [1.54, 1.807) is 6.07 Å². The number of halogens is 2. The van der Waals surface area contributed by atoms with Crippen molar-refractivity contribution in [2.75, 3.05) is 7.05 Å². The van der Waals surface area contributed by atoms with Crippen LogP contribution in [0.5, 0.6) is 0 Å². The smallest absolute Gasteiger partial charge is 0.159 e. The third-order valence-corrected chi connectivity index (χ3v) is 3.74. The summed E-state index contributed by atoms with van der Waals surface area (Å²) in [4.78, 5) is 0. The van der Waals surface area contributed by atoms with Crippen LogP contribution >= 0.6 is 0 Å². The summed E-state index contributed by atoms with van der Waals surface area (Å²) >= 11 is 0. The van der Waals surface area contributed by atoms with Gasteiger partial charge in [-0.2, -0.15) is 0 Å². The van der Waals surface area contributed by atoms with Crippen molar-refractivity contribution >= 4 is 0 Å². The summed E-state index contributed by atoms with van der Waals surface area (Å²) < 4.78 is 26.2. The lowest BCUT2D eigenvalue weighted by atomic mass is 9.81. The van der Waals surface area contributed by atoms with Crippen LogP contribution in [0.15, 0.2) is 18.2 Å². The molecular weight excluding hydrogens is 220 g/mol. The van der Waals surface area contributed by atoms with Crippen LogP contribution in [0.2, 0.25) is 0 Å². The van der Waals surface area contributed by atoms with Gasteiger partial charge in [0.05, 0.1) is 0 Å². The number of nitrogens with one attached hydrogen (secondary N) is 1. The average molecular weight is 239 g/mol. The number of hydrogen-bond acceptors (Lipinski definition) is 1. The molecular formula is C14H19F2N. The van der Waals surface area contributed by atoms with Crippen molar-refractivity contribution in [1.82, 2.24) is 5.32 Å². The van der Waals surface area contributed by atoms with Crippen molar-refractivity contribution in [3.05, 3.63) is 35.4 Å². The molecule has 94 valence electrons. The summed E-state index contributed by atoms with van der Waals surface area (Å²) in [7, 11) is 1.89. The Morgan fingerprint density at radius 3 is 2.41 bits per heavy atom. The zero-order chi connectivity index (χ0) is 12.3. The fourth-order valence-electron chi connectivity index (χ4n) is 2.85. The molecule has 0 spiro atoms. The van der Waals surface area contributed by atoms with Gasteiger partial charge in [0.15, 0.2) is 11.6 Å². The van der Waals surface area contributed by atoms with Crippen LogP contribution in [-0.2, 0) is 0 Å². The van der Waals surface area contributed by atoms with E-state index in [1.807, 2.05) is 7.05 Å². The first-order chi connectivity index (χ1) is 8.22. The molecule has 0 bridgehead atoms. The van der Waals surface area contributed by atoms with Crippen LogP contribution in [0.4, 0.5) is 8.78 Å². The normalized spacial score (nSPS) is 19.2. The van der Waals surface area contributed by atoms with Crippen LogP contribution in [0, 0.1) is 17.6 Å². The molecule has 1 aliphatic rings. The summed E-state index contributed by atoms with van der Waals surface area (Å²) in [5.41, 5.74) is 0.860. The van der Waals surface area contributed by atoms with Crippen molar-refractivity contribution in [1.29, 1.82) is 0 Å². The van der Waals surface area contributed by atoms with E-state index >= 15 is 0 Å². The fraction of sp³-hybridized carbons (Fsp3) is 0.571. The minimum atomic E-state index is -0.771. The lowest BCUT2D eigenvalue weighted by Gasteiger charge is -2.30. The lowest BCUT2D eigenvalue weighted by Crippen LogP contribution is -2.27. The Morgan fingerprint density at radius 2 is 1.82 bits per heavy atom. The third kappa shape index (κ3) is 2.83. The van der Waals surface area contributed by atoms with Gasteiger partial charge in [-0.3, -0.25) is 0 Å². The monoisotopic (exact) mass is 239 g/mol. The van der Waals surface area contributed by atoms with Gasteiger partial charge >= 0.3 is 0 Å². The van der Waals surface area contributed by atoms with E-state index in [4.69, 9.17) is 0 Å². The number of hydrogen-bond donors (Lipinski definition) is 1. The molecule has 1 aromatic carbocycles. The molecule has 17 heavy (non-hydrogen) atoms. The maximum Gasteiger partial charge on any atom is 0.159 e. The predicted molar refractivity (Wildman–Crippen MR) is 64.7 cm³/mol. The minimum Gasteiger partial charge on any atom is -0.313 e. The van der Waals surface area contributed by atoms with Crippen LogP contribution in [-0.4, -0.2) is 7.05 Å². The second-order valence-electron chi connectivity index (χ2n) is 4.84. The Bertz CT molecular complexity index is 372. The molecule has 0 amide bonds. The molecule has 1 atom stereocenters. The summed E-state index contributed by atoms with van der Waals surface area (Å²) in [5, 5.41) is 3.25. The molecule has 1 nitrogen and oxygen atoms in total. The zero-order valence-corrected chi connectivity index (χ0v) is 10.2. The molecule has 1 N–H and O–H groups in total. The molecule has 1 fully saturated rings. The van der Waals surface area contributed by atoms with E-state index < -0.39 is 11.6 Å². The van der Waals surface area contributed by atoms with Crippen molar-refractivity contribution < 1.29 is 8.78 Å². The quantitative estimate of drug-likeness (QED) is 0.845. The van der Waals surface area contributed by atoms with Crippen LogP contribution in [0.25, 0.3) is 0 Å². The minimum absolute atomic E-state index is 0.144. The Labute approximate surface area is 101 Å². The lowest BCUT2D eigenvalue weighted by molar-refractivity contribution is 0.281. The largest absolute Gasteiger partial charge is 0.313 e. The van der Waals surface area contributed by atoms with Gasteiger partial charge in [0.1, 0.15) is 0 Å². The molecule has 3 heteroatoms. The van der Waals surface area contributed by atoms with Gasteiger partial charge in [0.2, 0.25) is 0 Å². The molecule has 0 aromatic heterocycles. The fourth-order valence-corrected chi connectivity index (χ4v) is 2.85. The van der Waals surface area contributed by atoms with Gasteiger partial charge in [0.25, 0.3) is 0 Å².